The molecular formula is C25H33NO6. The summed E-state index contributed by atoms with van der Waals surface area (Å²) >= 11 is 0. The van der Waals surface area contributed by atoms with Crippen molar-refractivity contribution in [2.45, 2.75) is 13.8 Å². The van der Waals surface area contributed by atoms with E-state index in [4.69, 9.17) is 23.7 Å². The van der Waals surface area contributed by atoms with E-state index in [-0.39, 0.29) is 0 Å². The van der Waals surface area contributed by atoms with Gasteiger partial charge in [-0.2, -0.15) is 0 Å². The van der Waals surface area contributed by atoms with Gasteiger partial charge in [0.1, 0.15) is 12.4 Å². The van der Waals surface area contributed by atoms with Crippen molar-refractivity contribution in [3.8, 4) is 23.0 Å². The standard InChI is InChI=1S/C25H33NO6/c1-7-26(8-2)13-14-32-25(27)21(15-18-9-11-20(28-3)12-10-18)19-16-22(29-4)24(31-6)23(17-19)30-5/h9-12,15-17H,7-8,13-14H2,1-6H3. The second-order valence-electron chi connectivity index (χ2n) is 6.91. The number of hydrogen-bond acceptors (Lipinski definition) is 7. The van der Waals surface area contributed by atoms with Crippen molar-refractivity contribution in [1.29, 1.82) is 0 Å². The van der Waals surface area contributed by atoms with E-state index < -0.39 is 5.97 Å². The molecular weight excluding hydrogens is 410 g/mol. The maximum absolute atomic E-state index is 13.1. The van der Waals surface area contributed by atoms with Crippen LogP contribution in [-0.4, -0.2) is 65.5 Å². The van der Waals surface area contributed by atoms with Crippen LogP contribution in [0.1, 0.15) is 25.0 Å². The van der Waals surface area contributed by atoms with E-state index in [9.17, 15) is 4.79 Å². The van der Waals surface area contributed by atoms with Gasteiger partial charge in [0, 0.05) is 6.54 Å². The highest BCUT2D eigenvalue weighted by atomic mass is 16.5. The van der Waals surface area contributed by atoms with Gasteiger partial charge in [0.25, 0.3) is 0 Å². The van der Waals surface area contributed by atoms with Gasteiger partial charge in [0.2, 0.25) is 5.75 Å². The number of likely N-dealkylation sites (N-methyl/N-ethyl adjacent to an activating group) is 1. The Bertz CT molecular complexity index is 878. The van der Waals surface area contributed by atoms with Gasteiger partial charge in [-0.1, -0.05) is 26.0 Å². The fourth-order valence-electron chi connectivity index (χ4n) is 3.25. The Morgan fingerprint density at radius 2 is 1.47 bits per heavy atom. The van der Waals surface area contributed by atoms with Crippen LogP contribution in [-0.2, 0) is 9.53 Å². The lowest BCUT2D eigenvalue weighted by atomic mass is 10.0. The van der Waals surface area contributed by atoms with Crippen LogP contribution in [0.15, 0.2) is 36.4 Å². The summed E-state index contributed by atoms with van der Waals surface area (Å²) in [5, 5.41) is 0. The van der Waals surface area contributed by atoms with Gasteiger partial charge in [-0.3, -0.25) is 0 Å². The lowest BCUT2D eigenvalue weighted by molar-refractivity contribution is -0.136. The summed E-state index contributed by atoms with van der Waals surface area (Å²) in [4.78, 5) is 15.3. The van der Waals surface area contributed by atoms with Crippen LogP contribution in [0, 0.1) is 0 Å². The Labute approximate surface area is 190 Å². The molecule has 0 saturated carbocycles. The van der Waals surface area contributed by atoms with Gasteiger partial charge in [-0.25, -0.2) is 4.79 Å². The summed E-state index contributed by atoms with van der Waals surface area (Å²) in [7, 11) is 6.22. The second kappa shape index (κ2) is 12.6. The zero-order valence-corrected chi connectivity index (χ0v) is 19.8. The van der Waals surface area contributed by atoms with Gasteiger partial charge < -0.3 is 28.6 Å². The molecule has 0 N–H and O–H groups in total. The van der Waals surface area contributed by atoms with E-state index in [1.807, 2.05) is 24.3 Å². The molecule has 0 radical (unpaired) electrons. The first kappa shape index (κ1) is 25.1. The third kappa shape index (κ3) is 6.40. The molecule has 0 saturated heterocycles. The fraction of sp³-hybridized carbons (Fsp3) is 0.400. The number of benzene rings is 2. The fourth-order valence-corrected chi connectivity index (χ4v) is 3.25. The Morgan fingerprint density at radius 3 is 1.94 bits per heavy atom. The molecule has 0 atom stereocenters. The van der Waals surface area contributed by atoms with Crippen molar-refractivity contribution >= 4 is 17.6 Å². The Morgan fingerprint density at radius 1 is 0.875 bits per heavy atom. The highest BCUT2D eigenvalue weighted by molar-refractivity contribution is 6.21. The van der Waals surface area contributed by atoms with Gasteiger partial charge in [-0.15, -0.1) is 0 Å². The molecule has 0 aliphatic heterocycles. The maximum Gasteiger partial charge on any atom is 0.338 e. The molecule has 0 aromatic heterocycles. The molecule has 174 valence electrons. The first-order valence-corrected chi connectivity index (χ1v) is 10.6. The Kier molecular flexibility index (Phi) is 9.88. The monoisotopic (exact) mass is 443 g/mol. The smallest absolute Gasteiger partial charge is 0.338 e. The first-order chi connectivity index (χ1) is 15.5. The summed E-state index contributed by atoms with van der Waals surface area (Å²) in [5.41, 5.74) is 1.81. The highest BCUT2D eigenvalue weighted by Crippen LogP contribution is 2.40. The second-order valence-corrected chi connectivity index (χ2v) is 6.91. The SMILES string of the molecule is CCN(CC)CCOC(=O)C(=Cc1ccc(OC)cc1)c1cc(OC)c(OC)c(OC)c1. The molecule has 0 spiro atoms. The van der Waals surface area contributed by atoms with Gasteiger partial charge >= 0.3 is 5.97 Å². The third-order valence-corrected chi connectivity index (χ3v) is 5.16. The van der Waals surface area contributed by atoms with E-state index in [0.29, 0.717) is 41.5 Å². The lowest BCUT2D eigenvalue weighted by Crippen LogP contribution is -2.28. The summed E-state index contributed by atoms with van der Waals surface area (Å²) in [6.07, 6.45) is 1.78. The quantitative estimate of drug-likeness (QED) is 0.277. The average Bonchev–Trinajstić information content (AvgIpc) is 2.84. The number of ether oxygens (including phenoxy) is 5. The first-order valence-electron chi connectivity index (χ1n) is 10.6. The number of rotatable bonds is 12. The van der Waals surface area contributed by atoms with Gasteiger partial charge in [-0.05, 0) is 54.6 Å². The minimum Gasteiger partial charge on any atom is -0.497 e. The van der Waals surface area contributed by atoms with Crippen LogP contribution in [0.2, 0.25) is 0 Å². The molecule has 0 aliphatic carbocycles. The summed E-state index contributed by atoms with van der Waals surface area (Å²) in [6, 6.07) is 10.9. The van der Waals surface area contributed by atoms with Crippen LogP contribution in [0.4, 0.5) is 0 Å². The number of esters is 1. The molecule has 0 unspecified atom stereocenters. The van der Waals surface area contributed by atoms with Crippen molar-refractivity contribution in [1.82, 2.24) is 4.90 Å². The topological polar surface area (TPSA) is 66.5 Å². The molecule has 7 heteroatoms. The Balaban J connectivity index is 2.45. The average molecular weight is 444 g/mol. The van der Waals surface area contributed by atoms with Crippen molar-refractivity contribution in [2.75, 3.05) is 54.7 Å². The van der Waals surface area contributed by atoms with Gasteiger partial charge in [0.05, 0.1) is 34.0 Å². The predicted molar refractivity (Wildman–Crippen MR) is 126 cm³/mol. The van der Waals surface area contributed by atoms with Crippen LogP contribution in [0.25, 0.3) is 11.6 Å². The van der Waals surface area contributed by atoms with Crippen molar-refractivity contribution in [3.63, 3.8) is 0 Å². The van der Waals surface area contributed by atoms with E-state index in [1.165, 1.54) is 21.3 Å². The Hall–Kier alpha value is -3.19. The molecule has 32 heavy (non-hydrogen) atoms. The summed E-state index contributed by atoms with van der Waals surface area (Å²) < 4.78 is 27.2. The number of hydrogen-bond donors (Lipinski definition) is 0. The van der Waals surface area contributed by atoms with Crippen molar-refractivity contribution in [2.24, 2.45) is 0 Å². The lowest BCUT2D eigenvalue weighted by Gasteiger charge is -2.18. The predicted octanol–water partition coefficient (Wildman–Crippen LogP) is 4.15. The molecule has 0 amide bonds. The molecule has 7 nitrogen and oxygen atoms in total. The number of carbonyl (C=O) groups is 1. The minimum absolute atomic E-state index is 0.297. The minimum atomic E-state index is -0.428. The van der Waals surface area contributed by atoms with E-state index in [0.717, 1.165) is 24.4 Å². The van der Waals surface area contributed by atoms with Crippen LogP contribution in [0.3, 0.4) is 0 Å². The van der Waals surface area contributed by atoms with Crippen molar-refractivity contribution in [3.05, 3.63) is 47.5 Å². The molecule has 0 aliphatic rings. The molecule has 2 aromatic rings. The van der Waals surface area contributed by atoms with Gasteiger partial charge in [0.15, 0.2) is 11.5 Å². The molecule has 2 aromatic carbocycles. The van der Waals surface area contributed by atoms with Crippen LogP contribution < -0.4 is 18.9 Å². The van der Waals surface area contributed by atoms with E-state index >= 15 is 0 Å². The number of nitrogens with zero attached hydrogens (tertiary/aromatic N) is 1. The van der Waals surface area contributed by atoms with E-state index in [2.05, 4.69) is 18.7 Å². The summed E-state index contributed by atoms with van der Waals surface area (Å²) in [6.45, 7) is 6.92. The largest absolute Gasteiger partial charge is 0.497 e. The molecule has 0 bridgehead atoms. The molecule has 0 heterocycles. The van der Waals surface area contributed by atoms with E-state index in [1.54, 1.807) is 25.3 Å². The van der Waals surface area contributed by atoms with Crippen LogP contribution in [0.5, 0.6) is 23.0 Å². The zero-order valence-electron chi connectivity index (χ0n) is 19.8. The molecule has 0 fully saturated rings. The number of methoxy groups -OCH3 is 4. The number of carbonyl (C=O) groups excluding carboxylic acids is 1. The third-order valence-electron chi connectivity index (χ3n) is 5.16. The van der Waals surface area contributed by atoms with Crippen molar-refractivity contribution < 1.29 is 28.5 Å². The molecule has 2 rings (SSSR count). The summed E-state index contributed by atoms with van der Waals surface area (Å²) in [5.74, 6) is 1.68. The normalized spacial score (nSPS) is 11.3. The highest BCUT2D eigenvalue weighted by Gasteiger charge is 2.20. The maximum atomic E-state index is 13.1. The van der Waals surface area contributed by atoms with Crippen LogP contribution >= 0.6 is 0 Å². The zero-order chi connectivity index (χ0) is 23.5.